The van der Waals surface area contributed by atoms with E-state index in [1.807, 2.05) is 0 Å². The van der Waals surface area contributed by atoms with Crippen LogP contribution in [-0.4, -0.2) is 47.5 Å². The zero-order valence-corrected chi connectivity index (χ0v) is 18.7. The van der Waals surface area contributed by atoms with E-state index in [-0.39, 0.29) is 30.1 Å². The molecule has 1 aliphatic rings. The highest BCUT2D eigenvalue weighted by molar-refractivity contribution is 8.18. The van der Waals surface area contributed by atoms with Crippen LogP contribution in [0, 0.1) is 5.82 Å². The van der Waals surface area contributed by atoms with Crippen LogP contribution in [0.3, 0.4) is 0 Å². The Hall–Kier alpha value is -2.88. The standard InChI is InChI=1S/C21H16Cl2FN3O4S/c22-14-6-5-12(9-15(14)23)10-17-20(30)27(21(31)32-17)8-7-25-18(28)11-26-19(29)13-3-1-2-4-16(13)24/h1-6,9-10H,7-8,11H2,(H,25,28)(H,26,29)/b17-10-. The summed E-state index contributed by atoms with van der Waals surface area (Å²) in [4.78, 5) is 49.7. The molecule has 1 heterocycles. The Balaban J connectivity index is 1.48. The van der Waals surface area contributed by atoms with Crippen LogP contribution in [0.1, 0.15) is 15.9 Å². The van der Waals surface area contributed by atoms with Gasteiger partial charge in [-0.05, 0) is 47.7 Å². The monoisotopic (exact) mass is 495 g/mol. The van der Waals surface area contributed by atoms with Crippen molar-refractivity contribution in [1.82, 2.24) is 15.5 Å². The number of hydrogen-bond acceptors (Lipinski definition) is 5. The number of halogens is 3. The fourth-order valence-corrected chi connectivity index (χ4v) is 3.89. The summed E-state index contributed by atoms with van der Waals surface area (Å²) in [5, 5.41) is 5.03. The Morgan fingerprint density at radius 2 is 1.81 bits per heavy atom. The molecule has 0 bridgehead atoms. The zero-order valence-electron chi connectivity index (χ0n) is 16.4. The van der Waals surface area contributed by atoms with E-state index in [0.717, 1.165) is 22.7 Å². The van der Waals surface area contributed by atoms with Crippen molar-refractivity contribution in [3.63, 3.8) is 0 Å². The molecular weight excluding hydrogens is 480 g/mol. The van der Waals surface area contributed by atoms with Gasteiger partial charge < -0.3 is 10.6 Å². The van der Waals surface area contributed by atoms with Gasteiger partial charge in [-0.15, -0.1) is 0 Å². The second kappa shape index (κ2) is 10.6. The highest BCUT2D eigenvalue weighted by Gasteiger charge is 2.34. The first-order valence-corrected chi connectivity index (χ1v) is 10.8. The molecular formula is C21H16Cl2FN3O4S. The number of nitrogens with zero attached hydrogens (tertiary/aromatic N) is 1. The molecule has 1 aliphatic heterocycles. The molecule has 0 atom stereocenters. The minimum absolute atomic E-state index is 0.00745. The average Bonchev–Trinajstić information content (AvgIpc) is 3.02. The number of amides is 4. The van der Waals surface area contributed by atoms with E-state index >= 15 is 0 Å². The maximum absolute atomic E-state index is 13.6. The highest BCUT2D eigenvalue weighted by atomic mass is 35.5. The van der Waals surface area contributed by atoms with E-state index in [1.165, 1.54) is 24.3 Å². The molecule has 7 nitrogen and oxygen atoms in total. The molecule has 0 unspecified atom stereocenters. The molecule has 0 aromatic heterocycles. The molecule has 0 aliphatic carbocycles. The van der Waals surface area contributed by atoms with Crippen LogP contribution in [0.5, 0.6) is 0 Å². The molecule has 2 N–H and O–H groups in total. The zero-order chi connectivity index (χ0) is 23.3. The number of thioether (sulfide) groups is 1. The topological polar surface area (TPSA) is 95.6 Å². The first-order valence-electron chi connectivity index (χ1n) is 9.26. The van der Waals surface area contributed by atoms with Gasteiger partial charge in [0.1, 0.15) is 5.82 Å². The lowest BCUT2D eigenvalue weighted by atomic mass is 10.2. The van der Waals surface area contributed by atoms with Crippen molar-refractivity contribution in [2.45, 2.75) is 0 Å². The van der Waals surface area contributed by atoms with Crippen molar-refractivity contribution in [2.24, 2.45) is 0 Å². The van der Waals surface area contributed by atoms with Crippen molar-refractivity contribution >= 4 is 64.0 Å². The van der Waals surface area contributed by atoms with Crippen LogP contribution in [0.25, 0.3) is 6.08 Å². The Morgan fingerprint density at radius 3 is 2.53 bits per heavy atom. The van der Waals surface area contributed by atoms with Gasteiger partial charge in [0.15, 0.2) is 0 Å². The summed E-state index contributed by atoms with van der Waals surface area (Å²) in [6, 6.07) is 10.2. The number of imide groups is 1. The van der Waals surface area contributed by atoms with E-state index in [4.69, 9.17) is 23.2 Å². The van der Waals surface area contributed by atoms with E-state index in [2.05, 4.69) is 10.6 Å². The summed E-state index contributed by atoms with van der Waals surface area (Å²) in [6.45, 7) is -0.435. The molecule has 3 rings (SSSR count). The van der Waals surface area contributed by atoms with Gasteiger partial charge in [-0.25, -0.2) is 4.39 Å². The van der Waals surface area contributed by atoms with Crippen molar-refractivity contribution in [1.29, 1.82) is 0 Å². The predicted octanol–water partition coefficient (Wildman–Crippen LogP) is 3.72. The third kappa shape index (κ3) is 5.87. The number of carbonyl (C=O) groups is 4. The summed E-state index contributed by atoms with van der Waals surface area (Å²) in [6.07, 6.45) is 1.53. The Morgan fingerprint density at radius 1 is 1.06 bits per heavy atom. The van der Waals surface area contributed by atoms with Crippen LogP contribution in [-0.2, 0) is 9.59 Å². The van der Waals surface area contributed by atoms with Gasteiger partial charge in [0, 0.05) is 13.1 Å². The summed E-state index contributed by atoms with van der Waals surface area (Å²) < 4.78 is 13.6. The summed E-state index contributed by atoms with van der Waals surface area (Å²) in [5.41, 5.74) is 0.440. The SMILES string of the molecule is O=C(CNC(=O)c1ccccc1F)NCCN1C(=O)S/C(=C\c2ccc(Cl)c(Cl)c2)C1=O. The number of nitrogens with one attached hydrogen (secondary N) is 2. The molecule has 0 saturated carbocycles. The lowest BCUT2D eigenvalue weighted by molar-refractivity contribution is -0.124. The average molecular weight is 496 g/mol. The molecule has 32 heavy (non-hydrogen) atoms. The number of rotatable bonds is 7. The maximum Gasteiger partial charge on any atom is 0.293 e. The normalized spacial score (nSPS) is 14.7. The number of benzene rings is 2. The summed E-state index contributed by atoms with van der Waals surface area (Å²) >= 11 is 12.6. The summed E-state index contributed by atoms with van der Waals surface area (Å²) in [5.74, 6) is -2.46. The number of hydrogen-bond donors (Lipinski definition) is 2. The molecule has 2 aromatic rings. The molecule has 4 amide bonds. The lowest BCUT2D eigenvalue weighted by Gasteiger charge is -2.13. The Kier molecular flexibility index (Phi) is 7.89. The Bertz CT molecular complexity index is 1130. The third-order valence-corrected chi connectivity index (χ3v) is 5.95. The second-order valence-corrected chi connectivity index (χ2v) is 8.33. The first kappa shape index (κ1) is 23.8. The molecule has 2 aromatic carbocycles. The van der Waals surface area contributed by atoms with Crippen LogP contribution in [0.4, 0.5) is 9.18 Å². The fraction of sp³-hybridized carbons (Fsp3) is 0.143. The largest absolute Gasteiger partial charge is 0.353 e. The minimum atomic E-state index is -0.725. The molecule has 1 fully saturated rings. The van der Waals surface area contributed by atoms with Gasteiger partial charge >= 0.3 is 0 Å². The van der Waals surface area contributed by atoms with Crippen molar-refractivity contribution in [3.8, 4) is 0 Å². The maximum atomic E-state index is 13.6. The van der Waals surface area contributed by atoms with Gasteiger partial charge in [0.2, 0.25) is 5.91 Å². The Labute approximate surface area is 196 Å². The number of carbonyl (C=O) groups excluding carboxylic acids is 4. The summed E-state index contributed by atoms with van der Waals surface area (Å²) in [7, 11) is 0. The van der Waals surface area contributed by atoms with E-state index in [0.29, 0.717) is 15.6 Å². The van der Waals surface area contributed by atoms with Crippen LogP contribution in [0.2, 0.25) is 10.0 Å². The molecule has 1 saturated heterocycles. The molecule has 0 radical (unpaired) electrons. The van der Waals surface area contributed by atoms with E-state index in [9.17, 15) is 23.6 Å². The minimum Gasteiger partial charge on any atom is -0.353 e. The fourth-order valence-electron chi connectivity index (χ4n) is 2.72. The van der Waals surface area contributed by atoms with E-state index < -0.39 is 28.8 Å². The quantitative estimate of drug-likeness (QED) is 0.570. The van der Waals surface area contributed by atoms with Crippen LogP contribution >= 0.6 is 35.0 Å². The molecule has 0 spiro atoms. The van der Waals surface area contributed by atoms with Crippen molar-refractivity contribution in [3.05, 3.63) is 74.4 Å². The van der Waals surface area contributed by atoms with Gasteiger partial charge in [-0.3, -0.25) is 24.1 Å². The van der Waals surface area contributed by atoms with Crippen LogP contribution in [0.15, 0.2) is 47.4 Å². The van der Waals surface area contributed by atoms with Gasteiger partial charge in [-0.2, -0.15) is 0 Å². The van der Waals surface area contributed by atoms with Gasteiger partial charge in [-0.1, -0.05) is 41.4 Å². The van der Waals surface area contributed by atoms with Gasteiger partial charge in [0.05, 0.1) is 27.1 Å². The molecule has 11 heteroatoms. The van der Waals surface area contributed by atoms with Crippen molar-refractivity contribution in [2.75, 3.05) is 19.6 Å². The lowest BCUT2D eigenvalue weighted by Crippen LogP contribution is -2.41. The van der Waals surface area contributed by atoms with E-state index in [1.54, 1.807) is 18.2 Å². The second-order valence-electron chi connectivity index (χ2n) is 6.52. The smallest absolute Gasteiger partial charge is 0.293 e. The van der Waals surface area contributed by atoms with Gasteiger partial charge in [0.25, 0.3) is 17.1 Å². The highest BCUT2D eigenvalue weighted by Crippen LogP contribution is 2.33. The third-order valence-electron chi connectivity index (χ3n) is 4.30. The molecule has 166 valence electrons. The first-order chi connectivity index (χ1) is 15.3. The van der Waals surface area contributed by atoms with Crippen LogP contribution < -0.4 is 10.6 Å². The van der Waals surface area contributed by atoms with Crippen molar-refractivity contribution < 1.29 is 23.6 Å². The predicted molar refractivity (Wildman–Crippen MR) is 121 cm³/mol.